The number of pyridine rings is 2. The summed E-state index contributed by atoms with van der Waals surface area (Å²) in [5, 5.41) is 5.66. The molecule has 33 heavy (non-hydrogen) atoms. The van der Waals surface area contributed by atoms with Gasteiger partial charge in [0.25, 0.3) is 5.91 Å². The number of anilines is 2. The van der Waals surface area contributed by atoms with Crippen LogP contribution in [0.5, 0.6) is 5.88 Å². The Morgan fingerprint density at radius 2 is 1.85 bits per heavy atom. The Kier molecular flexibility index (Phi) is 6.60. The fraction of sp³-hybridized carbons (Fsp3) is 0.417. The number of rotatable bonds is 6. The van der Waals surface area contributed by atoms with E-state index < -0.39 is 5.91 Å². The molecule has 2 amide bonds. The molecule has 4 rings (SSSR count). The standard InChI is InChI=1S/C24H29N5O4/c1-14-5-11-18(25-13-14)26-24(31)22-21(20-17(33-22)10-12-19(27-20)32-4)28-23(30)15-6-8-16(9-7-15)29(2)3/h5,10-13,15-16H,6-9H2,1-4H3,(H,28,30)(H,25,26,31). The number of carbonyl (C=O) groups excluding carboxylic acids is 2. The van der Waals surface area contributed by atoms with Crippen molar-refractivity contribution in [3.05, 3.63) is 41.8 Å². The number of fused-ring (bicyclic) bond motifs is 1. The molecule has 9 nitrogen and oxygen atoms in total. The van der Waals surface area contributed by atoms with Crippen LogP contribution >= 0.6 is 0 Å². The molecule has 174 valence electrons. The molecule has 3 aromatic rings. The van der Waals surface area contributed by atoms with E-state index in [1.807, 2.05) is 13.0 Å². The lowest BCUT2D eigenvalue weighted by molar-refractivity contribution is -0.121. The predicted molar refractivity (Wildman–Crippen MR) is 126 cm³/mol. The molecule has 0 atom stereocenters. The van der Waals surface area contributed by atoms with Crippen molar-refractivity contribution in [2.45, 2.75) is 38.6 Å². The second-order valence-electron chi connectivity index (χ2n) is 8.64. The second kappa shape index (κ2) is 9.58. The first-order chi connectivity index (χ1) is 15.9. The van der Waals surface area contributed by atoms with E-state index in [9.17, 15) is 9.59 Å². The summed E-state index contributed by atoms with van der Waals surface area (Å²) < 4.78 is 11.0. The number of ether oxygens (including phenoxy) is 1. The van der Waals surface area contributed by atoms with Crippen LogP contribution in [-0.2, 0) is 4.79 Å². The number of furan rings is 1. The van der Waals surface area contributed by atoms with Gasteiger partial charge in [-0.1, -0.05) is 6.07 Å². The highest BCUT2D eigenvalue weighted by Crippen LogP contribution is 2.34. The van der Waals surface area contributed by atoms with Crippen molar-refractivity contribution in [1.82, 2.24) is 14.9 Å². The van der Waals surface area contributed by atoms with Gasteiger partial charge >= 0.3 is 0 Å². The smallest absolute Gasteiger partial charge is 0.294 e. The largest absolute Gasteiger partial charge is 0.481 e. The number of nitrogens with zero attached hydrogens (tertiary/aromatic N) is 3. The fourth-order valence-electron chi connectivity index (χ4n) is 4.14. The maximum Gasteiger partial charge on any atom is 0.294 e. The van der Waals surface area contributed by atoms with E-state index in [4.69, 9.17) is 9.15 Å². The van der Waals surface area contributed by atoms with Gasteiger partial charge in [0, 0.05) is 24.2 Å². The van der Waals surface area contributed by atoms with Crippen molar-refractivity contribution < 1.29 is 18.7 Å². The lowest BCUT2D eigenvalue weighted by atomic mass is 9.85. The Bertz CT molecular complexity index is 1150. The van der Waals surface area contributed by atoms with Crippen LogP contribution in [0.3, 0.4) is 0 Å². The van der Waals surface area contributed by atoms with Gasteiger partial charge in [0.15, 0.2) is 5.58 Å². The summed E-state index contributed by atoms with van der Waals surface area (Å²) in [4.78, 5) is 37.0. The lowest BCUT2D eigenvalue weighted by Gasteiger charge is -2.31. The summed E-state index contributed by atoms with van der Waals surface area (Å²) in [6.07, 6.45) is 5.14. The highest BCUT2D eigenvalue weighted by Gasteiger charge is 2.30. The molecule has 0 spiro atoms. The van der Waals surface area contributed by atoms with Crippen molar-refractivity contribution in [1.29, 1.82) is 0 Å². The average molecular weight is 452 g/mol. The zero-order valence-electron chi connectivity index (χ0n) is 19.3. The number of hydrogen-bond acceptors (Lipinski definition) is 7. The van der Waals surface area contributed by atoms with Gasteiger partial charge in [0.05, 0.1) is 7.11 Å². The topological polar surface area (TPSA) is 110 Å². The van der Waals surface area contributed by atoms with Crippen molar-refractivity contribution in [3.8, 4) is 5.88 Å². The number of nitrogens with one attached hydrogen (secondary N) is 2. The maximum atomic E-state index is 13.1. The van der Waals surface area contributed by atoms with Gasteiger partial charge in [-0.15, -0.1) is 0 Å². The Balaban J connectivity index is 1.61. The molecule has 1 aliphatic carbocycles. The summed E-state index contributed by atoms with van der Waals surface area (Å²) in [5.74, 6) is -0.0693. The van der Waals surface area contributed by atoms with E-state index in [2.05, 4.69) is 39.6 Å². The first kappa shape index (κ1) is 22.7. The van der Waals surface area contributed by atoms with E-state index in [1.54, 1.807) is 24.4 Å². The molecule has 2 N–H and O–H groups in total. The zero-order valence-corrected chi connectivity index (χ0v) is 19.3. The highest BCUT2D eigenvalue weighted by molar-refractivity contribution is 6.13. The minimum Gasteiger partial charge on any atom is -0.481 e. The van der Waals surface area contributed by atoms with Crippen molar-refractivity contribution in [2.24, 2.45) is 5.92 Å². The number of methoxy groups -OCH3 is 1. The number of aromatic nitrogens is 2. The van der Waals surface area contributed by atoms with Crippen LogP contribution < -0.4 is 15.4 Å². The third kappa shape index (κ3) is 4.98. The molecule has 3 heterocycles. The molecule has 1 aliphatic rings. The highest BCUT2D eigenvalue weighted by atomic mass is 16.5. The van der Waals surface area contributed by atoms with Crippen molar-refractivity contribution >= 4 is 34.4 Å². The van der Waals surface area contributed by atoms with E-state index in [1.165, 1.54) is 7.11 Å². The molecule has 9 heteroatoms. The van der Waals surface area contributed by atoms with E-state index in [0.29, 0.717) is 28.8 Å². The van der Waals surface area contributed by atoms with Gasteiger partial charge in [-0.25, -0.2) is 9.97 Å². The van der Waals surface area contributed by atoms with Gasteiger partial charge in [0.2, 0.25) is 17.5 Å². The molecular formula is C24H29N5O4. The third-order valence-electron chi connectivity index (χ3n) is 6.12. The maximum absolute atomic E-state index is 13.1. The van der Waals surface area contributed by atoms with Gasteiger partial charge in [-0.2, -0.15) is 0 Å². The fourth-order valence-corrected chi connectivity index (χ4v) is 4.14. The minimum atomic E-state index is -0.519. The molecule has 0 unspecified atom stereocenters. The molecule has 1 saturated carbocycles. The number of carbonyl (C=O) groups is 2. The first-order valence-corrected chi connectivity index (χ1v) is 11.0. The molecule has 0 aliphatic heterocycles. The Hall–Kier alpha value is -3.46. The molecule has 0 radical (unpaired) electrons. The van der Waals surface area contributed by atoms with Crippen LogP contribution in [0.1, 0.15) is 41.8 Å². The van der Waals surface area contributed by atoms with E-state index in [-0.39, 0.29) is 23.3 Å². The van der Waals surface area contributed by atoms with Crippen molar-refractivity contribution in [3.63, 3.8) is 0 Å². The molecule has 0 saturated heterocycles. The Morgan fingerprint density at radius 1 is 1.09 bits per heavy atom. The summed E-state index contributed by atoms with van der Waals surface area (Å²) in [6, 6.07) is 7.35. The van der Waals surface area contributed by atoms with Crippen LogP contribution in [-0.4, -0.2) is 53.9 Å². The van der Waals surface area contributed by atoms with Crippen LogP contribution in [0.15, 0.2) is 34.9 Å². The Morgan fingerprint density at radius 3 is 2.48 bits per heavy atom. The van der Waals surface area contributed by atoms with Crippen LogP contribution in [0, 0.1) is 12.8 Å². The van der Waals surface area contributed by atoms with Gasteiger partial charge in [0.1, 0.15) is 17.0 Å². The molecule has 1 fully saturated rings. The third-order valence-corrected chi connectivity index (χ3v) is 6.12. The molecule has 3 aromatic heterocycles. The monoisotopic (exact) mass is 451 g/mol. The lowest BCUT2D eigenvalue weighted by Crippen LogP contribution is -2.35. The van der Waals surface area contributed by atoms with Crippen LogP contribution in [0.2, 0.25) is 0 Å². The van der Waals surface area contributed by atoms with Gasteiger partial charge in [-0.3, -0.25) is 9.59 Å². The quantitative estimate of drug-likeness (QED) is 0.586. The molecule has 0 aromatic carbocycles. The normalized spacial score (nSPS) is 18.3. The summed E-state index contributed by atoms with van der Waals surface area (Å²) >= 11 is 0. The molecule has 0 bridgehead atoms. The SMILES string of the molecule is COc1ccc2oc(C(=O)Nc3ccc(C)cn3)c(NC(=O)C3CCC(N(C)C)CC3)c2n1. The number of amides is 2. The zero-order chi connectivity index (χ0) is 23.5. The van der Waals surface area contributed by atoms with Crippen LogP contribution in [0.4, 0.5) is 11.5 Å². The van der Waals surface area contributed by atoms with Gasteiger partial charge in [-0.05, 0) is 64.4 Å². The van der Waals surface area contributed by atoms with Gasteiger partial charge < -0.3 is 24.7 Å². The summed E-state index contributed by atoms with van der Waals surface area (Å²) in [5.41, 5.74) is 1.97. The second-order valence-corrected chi connectivity index (χ2v) is 8.64. The first-order valence-electron chi connectivity index (χ1n) is 11.0. The number of aryl methyl sites for hydroxylation is 1. The van der Waals surface area contributed by atoms with E-state index in [0.717, 1.165) is 31.2 Å². The number of hydrogen-bond donors (Lipinski definition) is 2. The van der Waals surface area contributed by atoms with E-state index >= 15 is 0 Å². The molecular weight excluding hydrogens is 422 g/mol. The predicted octanol–water partition coefficient (Wildman–Crippen LogP) is 3.85. The van der Waals surface area contributed by atoms with Crippen molar-refractivity contribution in [2.75, 3.05) is 31.8 Å². The summed E-state index contributed by atoms with van der Waals surface area (Å²) in [7, 11) is 5.64. The average Bonchev–Trinajstić information content (AvgIpc) is 3.18. The summed E-state index contributed by atoms with van der Waals surface area (Å²) in [6.45, 7) is 1.91. The van der Waals surface area contributed by atoms with Crippen LogP contribution in [0.25, 0.3) is 11.1 Å². The minimum absolute atomic E-state index is 0.0246. The Labute approximate surface area is 192 Å².